The van der Waals surface area contributed by atoms with E-state index in [0.717, 1.165) is 25.2 Å². The van der Waals surface area contributed by atoms with Crippen LogP contribution in [0.15, 0.2) is 30.5 Å². The molecule has 1 atom stereocenters. The third-order valence-electron chi connectivity index (χ3n) is 3.81. The van der Waals surface area contributed by atoms with Crippen molar-refractivity contribution in [3.8, 4) is 0 Å². The zero-order valence-corrected chi connectivity index (χ0v) is 13.3. The maximum atomic E-state index is 5.76. The van der Waals surface area contributed by atoms with E-state index >= 15 is 0 Å². The van der Waals surface area contributed by atoms with Gasteiger partial charge in [0.05, 0.1) is 6.04 Å². The lowest BCUT2D eigenvalue weighted by atomic mass is 10.1. The van der Waals surface area contributed by atoms with Gasteiger partial charge in [-0.1, -0.05) is 39.0 Å². The van der Waals surface area contributed by atoms with E-state index in [9.17, 15) is 0 Å². The number of H-pyrrole nitrogens is 1. The van der Waals surface area contributed by atoms with Gasteiger partial charge in [0.25, 0.3) is 0 Å². The van der Waals surface area contributed by atoms with Crippen LogP contribution in [0, 0.1) is 0 Å². The average molecular weight is 286 g/mol. The van der Waals surface area contributed by atoms with Crippen molar-refractivity contribution in [1.82, 2.24) is 9.97 Å². The van der Waals surface area contributed by atoms with E-state index in [1.165, 1.54) is 16.9 Å². The summed E-state index contributed by atoms with van der Waals surface area (Å²) in [6.07, 6.45) is 3.94. The molecule has 0 spiro atoms. The molecule has 0 bridgehead atoms. The first-order valence-electron chi connectivity index (χ1n) is 7.92. The molecule has 2 aromatic rings. The quantitative estimate of drug-likeness (QED) is 0.908. The number of rotatable bonds is 4. The third kappa shape index (κ3) is 3.10. The van der Waals surface area contributed by atoms with Gasteiger partial charge in [-0.05, 0) is 18.1 Å². The number of aromatic nitrogens is 2. The van der Waals surface area contributed by atoms with E-state index in [4.69, 9.17) is 5.73 Å². The van der Waals surface area contributed by atoms with Crippen molar-refractivity contribution in [1.29, 1.82) is 0 Å². The molecule has 0 aliphatic carbocycles. The molecule has 1 aromatic carbocycles. The molecule has 1 unspecified atom stereocenters. The normalized spacial score (nSPS) is 16.4. The van der Waals surface area contributed by atoms with Crippen LogP contribution in [0.25, 0.3) is 0 Å². The fourth-order valence-corrected chi connectivity index (χ4v) is 2.84. The second kappa shape index (κ2) is 7.27. The summed E-state index contributed by atoms with van der Waals surface area (Å²) in [6.45, 7) is 7.66. The zero-order chi connectivity index (χ0) is 15.2. The first-order valence-corrected chi connectivity index (χ1v) is 7.92. The molecule has 3 rings (SSSR count). The molecule has 0 fully saturated rings. The fourth-order valence-electron chi connectivity index (χ4n) is 2.84. The molecular weight excluding hydrogens is 260 g/mol. The van der Waals surface area contributed by atoms with Crippen molar-refractivity contribution >= 4 is 5.69 Å². The number of aromatic amines is 1. The Labute approximate surface area is 127 Å². The summed E-state index contributed by atoms with van der Waals surface area (Å²) in [6, 6.07) is 8.85. The van der Waals surface area contributed by atoms with Crippen LogP contribution in [0.5, 0.6) is 0 Å². The Morgan fingerprint density at radius 1 is 1.33 bits per heavy atom. The minimum atomic E-state index is 0.293. The van der Waals surface area contributed by atoms with Crippen LogP contribution in [0.3, 0.4) is 0 Å². The number of aryl methyl sites for hydroxylation is 1. The number of anilines is 1. The summed E-state index contributed by atoms with van der Waals surface area (Å²) < 4.78 is 0. The second-order valence-corrected chi connectivity index (χ2v) is 4.98. The van der Waals surface area contributed by atoms with Crippen LogP contribution in [0.2, 0.25) is 0 Å². The van der Waals surface area contributed by atoms with Gasteiger partial charge in [0.15, 0.2) is 0 Å². The molecule has 0 radical (unpaired) electrons. The predicted molar refractivity (Wildman–Crippen MR) is 88.6 cm³/mol. The highest BCUT2D eigenvalue weighted by atomic mass is 15.2. The van der Waals surface area contributed by atoms with E-state index in [1.54, 1.807) is 0 Å². The van der Waals surface area contributed by atoms with Gasteiger partial charge in [-0.3, -0.25) is 0 Å². The Morgan fingerprint density at radius 2 is 2.10 bits per heavy atom. The molecule has 4 heteroatoms. The Morgan fingerprint density at radius 3 is 2.76 bits per heavy atom. The van der Waals surface area contributed by atoms with E-state index in [0.29, 0.717) is 12.6 Å². The van der Waals surface area contributed by atoms with Gasteiger partial charge in [-0.2, -0.15) is 0 Å². The molecule has 1 aliphatic rings. The van der Waals surface area contributed by atoms with E-state index in [-0.39, 0.29) is 0 Å². The van der Waals surface area contributed by atoms with Crippen LogP contribution in [0.1, 0.15) is 43.9 Å². The van der Waals surface area contributed by atoms with Crippen molar-refractivity contribution in [3.63, 3.8) is 0 Å². The van der Waals surface area contributed by atoms with Crippen molar-refractivity contribution in [3.05, 3.63) is 47.5 Å². The SMILES string of the molecule is CC.CCc1cnc(C2Cc3ccccc3N2CCN)[nH]1. The Hall–Kier alpha value is -1.81. The lowest BCUT2D eigenvalue weighted by Gasteiger charge is -2.25. The number of nitrogens with one attached hydrogen (secondary N) is 1. The van der Waals surface area contributed by atoms with Gasteiger partial charge >= 0.3 is 0 Å². The molecule has 4 nitrogen and oxygen atoms in total. The number of imidazole rings is 1. The summed E-state index contributed by atoms with van der Waals surface area (Å²) in [5.41, 5.74) is 9.64. The lowest BCUT2D eigenvalue weighted by Crippen LogP contribution is -2.31. The third-order valence-corrected chi connectivity index (χ3v) is 3.81. The van der Waals surface area contributed by atoms with Gasteiger partial charge in [0.2, 0.25) is 0 Å². The summed E-state index contributed by atoms with van der Waals surface area (Å²) in [5.74, 6) is 1.06. The van der Waals surface area contributed by atoms with Crippen molar-refractivity contribution in [2.45, 2.75) is 39.7 Å². The molecule has 114 valence electrons. The number of hydrogen-bond donors (Lipinski definition) is 2. The smallest absolute Gasteiger partial charge is 0.129 e. The average Bonchev–Trinajstić information content (AvgIpc) is 3.14. The summed E-state index contributed by atoms with van der Waals surface area (Å²) >= 11 is 0. The Kier molecular flexibility index (Phi) is 5.39. The fraction of sp³-hybridized carbons (Fsp3) is 0.471. The van der Waals surface area contributed by atoms with Gasteiger partial charge in [0, 0.05) is 37.1 Å². The predicted octanol–water partition coefficient (Wildman–Crippen LogP) is 3.06. The van der Waals surface area contributed by atoms with Gasteiger partial charge in [-0.25, -0.2) is 4.98 Å². The number of nitrogens with two attached hydrogens (primary N) is 1. The summed E-state index contributed by atoms with van der Waals surface area (Å²) in [7, 11) is 0. The van der Waals surface area contributed by atoms with E-state index < -0.39 is 0 Å². The standard InChI is InChI=1S/C15H20N4.C2H6/c1-2-12-10-17-15(18-12)14-9-11-5-3-4-6-13(11)19(14)8-7-16;1-2/h3-6,10,14H,2,7-9,16H2,1H3,(H,17,18);1-2H3. The molecular formula is C17H26N4. The molecule has 1 aliphatic heterocycles. The second-order valence-electron chi connectivity index (χ2n) is 4.98. The first-order chi connectivity index (χ1) is 10.3. The topological polar surface area (TPSA) is 57.9 Å². The summed E-state index contributed by atoms with van der Waals surface area (Å²) in [5, 5.41) is 0. The molecule has 1 aromatic heterocycles. The van der Waals surface area contributed by atoms with Crippen LogP contribution in [-0.4, -0.2) is 23.1 Å². The maximum Gasteiger partial charge on any atom is 0.129 e. The Balaban J connectivity index is 0.000000774. The van der Waals surface area contributed by atoms with Crippen LogP contribution in [-0.2, 0) is 12.8 Å². The highest BCUT2D eigenvalue weighted by Gasteiger charge is 2.31. The minimum Gasteiger partial charge on any atom is -0.360 e. The Bertz CT molecular complexity index is 561. The molecule has 0 amide bonds. The largest absolute Gasteiger partial charge is 0.360 e. The lowest BCUT2D eigenvalue weighted by molar-refractivity contribution is 0.628. The maximum absolute atomic E-state index is 5.76. The number of fused-ring (bicyclic) bond motifs is 1. The molecule has 3 N–H and O–H groups in total. The molecule has 0 saturated carbocycles. The van der Waals surface area contributed by atoms with Crippen LogP contribution < -0.4 is 10.6 Å². The van der Waals surface area contributed by atoms with Crippen molar-refractivity contribution in [2.75, 3.05) is 18.0 Å². The highest BCUT2D eigenvalue weighted by molar-refractivity contribution is 5.60. The van der Waals surface area contributed by atoms with Crippen molar-refractivity contribution < 1.29 is 0 Å². The number of benzene rings is 1. The van der Waals surface area contributed by atoms with Gasteiger partial charge in [-0.15, -0.1) is 0 Å². The number of para-hydroxylation sites is 1. The van der Waals surface area contributed by atoms with Crippen molar-refractivity contribution in [2.24, 2.45) is 5.73 Å². The minimum absolute atomic E-state index is 0.293. The highest BCUT2D eigenvalue weighted by Crippen LogP contribution is 2.38. The van der Waals surface area contributed by atoms with Gasteiger partial charge in [0.1, 0.15) is 5.82 Å². The van der Waals surface area contributed by atoms with E-state index in [1.807, 2.05) is 20.0 Å². The summed E-state index contributed by atoms with van der Waals surface area (Å²) in [4.78, 5) is 10.3. The first kappa shape index (κ1) is 15.6. The number of nitrogens with zero attached hydrogens (tertiary/aromatic N) is 2. The monoisotopic (exact) mass is 286 g/mol. The van der Waals surface area contributed by atoms with Crippen LogP contribution in [0.4, 0.5) is 5.69 Å². The number of hydrogen-bond acceptors (Lipinski definition) is 3. The van der Waals surface area contributed by atoms with E-state index in [2.05, 4.69) is 46.1 Å². The van der Waals surface area contributed by atoms with Gasteiger partial charge < -0.3 is 15.6 Å². The molecule has 2 heterocycles. The molecule has 0 saturated heterocycles. The zero-order valence-electron chi connectivity index (χ0n) is 13.3. The molecule has 21 heavy (non-hydrogen) atoms. The van der Waals surface area contributed by atoms with Crippen LogP contribution >= 0.6 is 0 Å².